The molecule has 4 rings (SSSR count). The summed E-state index contributed by atoms with van der Waals surface area (Å²) in [7, 11) is 0. The molecule has 1 saturated carbocycles. The molecule has 1 aromatic carbocycles. The predicted molar refractivity (Wildman–Crippen MR) is 96.7 cm³/mol. The molecule has 3 aliphatic rings. The highest BCUT2D eigenvalue weighted by atomic mass is 16.2. The van der Waals surface area contributed by atoms with E-state index in [2.05, 4.69) is 15.5 Å². The van der Waals surface area contributed by atoms with Crippen LogP contribution >= 0.6 is 0 Å². The summed E-state index contributed by atoms with van der Waals surface area (Å²) in [6.45, 7) is 3.29. The molecule has 2 saturated heterocycles. The molecule has 1 atom stereocenters. The van der Waals surface area contributed by atoms with Crippen molar-refractivity contribution in [2.24, 2.45) is 5.92 Å². The van der Waals surface area contributed by atoms with Gasteiger partial charge in [0.1, 0.15) is 6.04 Å². The maximum atomic E-state index is 12.8. The van der Waals surface area contributed by atoms with Crippen LogP contribution in [0, 0.1) is 5.92 Å². The zero-order chi connectivity index (χ0) is 18.1. The molecule has 2 heterocycles. The molecule has 7 nitrogen and oxygen atoms in total. The summed E-state index contributed by atoms with van der Waals surface area (Å²) in [6, 6.07) is 6.78. The minimum atomic E-state index is -0.248. The van der Waals surface area contributed by atoms with Crippen LogP contribution in [0.25, 0.3) is 0 Å². The average Bonchev–Trinajstić information content (AvgIpc) is 2.60. The van der Waals surface area contributed by atoms with Crippen LogP contribution in [0.3, 0.4) is 0 Å². The number of rotatable bonds is 3. The number of nitrogens with one attached hydrogen (secondary N) is 2. The van der Waals surface area contributed by atoms with Crippen molar-refractivity contribution in [1.82, 2.24) is 15.1 Å². The van der Waals surface area contributed by atoms with Crippen LogP contribution in [-0.2, 0) is 9.59 Å². The van der Waals surface area contributed by atoms with E-state index in [4.69, 9.17) is 0 Å². The molecule has 2 aliphatic heterocycles. The molecule has 7 heteroatoms. The second-order valence-electron chi connectivity index (χ2n) is 7.29. The first-order valence-electron chi connectivity index (χ1n) is 9.34. The first kappa shape index (κ1) is 17.0. The van der Waals surface area contributed by atoms with Crippen LogP contribution in [0.1, 0.15) is 29.6 Å². The molecule has 3 amide bonds. The van der Waals surface area contributed by atoms with E-state index in [1.165, 1.54) is 0 Å². The fourth-order valence-corrected chi connectivity index (χ4v) is 3.76. The Morgan fingerprint density at radius 1 is 1.08 bits per heavy atom. The molecule has 1 aliphatic carbocycles. The Morgan fingerprint density at radius 3 is 2.54 bits per heavy atom. The summed E-state index contributed by atoms with van der Waals surface area (Å²) in [4.78, 5) is 40.7. The standard InChI is InChI=1S/C19H24N4O3/c24-17(13-2-1-3-13)21-15-6-4-14(5-7-15)19(26)23-11-10-22-9-8-20-18(25)16(22)12-23/h4-7,13,16H,1-3,8-12H2,(H,20,25)(H,21,24)/t16-/m1/s1. The summed E-state index contributed by atoms with van der Waals surface area (Å²) in [6.07, 6.45) is 3.05. The maximum Gasteiger partial charge on any atom is 0.253 e. The van der Waals surface area contributed by atoms with Crippen molar-refractivity contribution in [3.05, 3.63) is 29.8 Å². The number of amides is 3. The fraction of sp³-hybridized carbons (Fsp3) is 0.526. The fourth-order valence-electron chi connectivity index (χ4n) is 3.76. The highest BCUT2D eigenvalue weighted by Gasteiger charge is 2.36. The lowest BCUT2D eigenvalue weighted by molar-refractivity contribution is -0.131. The minimum absolute atomic E-state index is 0.00260. The van der Waals surface area contributed by atoms with Gasteiger partial charge in [0.05, 0.1) is 0 Å². The quantitative estimate of drug-likeness (QED) is 0.835. The molecule has 0 bridgehead atoms. The van der Waals surface area contributed by atoms with Gasteiger partial charge in [-0.2, -0.15) is 0 Å². The molecule has 0 radical (unpaired) electrons. The molecular weight excluding hydrogens is 332 g/mol. The van der Waals surface area contributed by atoms with Crippen LogP contribution in [0.4, 0.5) is 5.69 Å². The second-order valence-corrected chi connectivity index (χ2v) is 7.29. The molecule has 0 aromatic heterocycles. The summed E-state index contributed by atoms with van der Waals surface area (Å²) in [5, 5.41) is 5.78. The molecular formula is C19H24N4O3. The summed E-state index contributed by atoms with van der Waals surface area (Å²) >= 11 is 0. The second kappa shape index (κ2) is 7.07. The van der Waals surface area contributed by atoms with E-state index in [0.717, 1.165) is 38.0 Å². The third kappa shape index (κ3) is 3.31. The van der Waals surface area contributed by atoms with Crippen molar-refractivity contribution in [2.45, 2.75) is 25.3 Å². The van der Waals surface area contributed by atoms with Gasteiger partial charge in [-0.1, -0.05) is 6.42 Å². The Balaban J connectivity index is 1.38. The van der Waals surface area contributed by atoms with E-state index in [1.807, 2.05) is 0 Å². The van der Waals surface area contributed by atoms with Gasteiger partial charge in [0.2, 0.25) is 11.8 Å². The zero-order valence-electron chi connectivity index (χ0n) is 14.7. The Morgan fingerprint density at radius 2 is 1.85 bits per heavy atom. The average molecular weight is 356 g/mol. The van der Waals surface area contributed by atoms with E-state index in [0.29, 0.717) is 25.2 Å². The van der Waals surface area contributed by atoms with E-state index >= 15 is 0 Å². The highest BCUT2D eigenvalue weighted by Crippen LogP contribution is 2.27. The number of hydrogen-bond donors (Lipinski definition) is 2. The molecule has 3 fully saturated rings. The van der Waals surface area contributed by atoms with Gasteiger partial charge in [0.25, 0.3) is 5.91 Å². The number of piperazine rings is 2. The SMILES string of the molecule is O=C(Nc1ccc(C(=O)N2CCN3CCNC(=O)[C@H]3C2)cc1)C1CCC1. The predicted octanol–water partition coefficient (Wildman–Crippen LogP) is 0.681. The van der Waals surface area contributed by atoms with Crippen LogP contribution < -0.4 is 10.6 Å². The smallest absolute Gasteiger partial charge is 0.253 e. The Hall–Kier alpha value is -2.41. The van der Waals surface area contributed by atoms with Gasteiger partial charge in [-0.3, -0.25) is 19.3 Å². The lowest BCUT2D eigenvalue weighted by Gasteiger charge is -2.43. The van der Waals surface area contributed by atoms with Crippen molar-refractivity contribution in [1.29, 1.82) is 0 Å². The topological polar surface area (TPSA) is 81.8 Å². The third-order valence-electron chi connectivity index (χ3n) is 5.65. The minimum Gasteiger partial charge on any atom is -0.353 e. The van der Waals surface area contributed by atoms with E-state index < -0.39 is 0 Å². The van der Waals surface area contributed by atoms with Gasteiger partial charge in [-0.25, -0.2) is 0 Å². The van der Waals surface area contributed by atoms with Crippen LogP contribution in [0.15, 0.2) is 24.3 Å². The van der Waals surface area contributed by atoms with Crippen molar-refractivity contribution in [3.63, 3.8) is 0 Å². The van der Waals surface area contributed by atoms with Gasteiger partial charge in [0, 0.05) is 49.9 Å². The summed E-state index contributed by atoms with van der Waals surface area (Å²) < 4.78 is 0. The number of carbonyl (C=O) groups is 3. The first-order valence-corrected chi connectivity index (χ1v) is 9.34. The zero-order valence-corrected chi connectivity index (χ0v) is 14.7. The third-order valence-corrected chi connectivity index (χ3v) is 5.65. The number of carbonyl (C=O) groups excluding carboxylic acids is 3. The molecule has 0 spiro atoms. The van der Waals surface area contributed by atoms with Crippen molar-refractivity contribution in [3.8, 4) is 0 Å². The lowest BCUT2D eigenvalue weighted by atomic mass is 9.85. The number of nitrogens with zero attached hydrogens (tertiary/aromatic N) is 2. The number of anilines is 1. The van der Waals surface area contributed by atoms with Crippen LogP contribution in [-0.4, -0.2) is 66.3 Å². The van der Waals surface area contributed by atoms with Crippen molar-refractivity contribution < 1.29 is 14.4 Å². The van der Waals surface area contributed by atoms with E-state index in [-0.39, 0.29) is 29.7 Å². The number of hydrogen-bond acceptors (Lipinski definition) is 4. The Labute approximate surface area is 152 Å². The normalized spacial score (nSPS) is 23.6. The van der Waals surface area contributed by atoms with Crippen molar-refractivity contribution in [2.75, 3.05) is 38.0 Å². The number of fused-ring (bicyclic) bond motifs is 1. The molecule has 0 unspecified atom stereocenters. The molecule has 26 heavy (non-hydrogen) atoms. The van der Waals surface area contributed by atoms with Crippen molar-refractivity contribution >= 4 is 23.4 Å². The van der Waals surface area contributed by atoms with Gasteiger partial charge in [-0.15, -0.1) is 0 Å². The first-order chi connectivity index (χ1) is 12.6. The maximum absolute atomic E-state index is 12.8. The van der Waals surface area contributed by atoms with Gasteiger partial charge < -0.3 is 15.5 Å². The molecule has 138 valence electrons. The molecule has 2 N–H and O–H groups in total. The largest absolute Gasteiger partial charge is 0.353 e. The van der Waals surface area contributed by atoms with Gasteiger partial charge in [-0.05, 0) is 37.1 Å². The van der Waals surface area contributed by atoms with Crippen LogP contribution in [0.5, 0.6) is 0 Å². The Bertz CT molecular complexity index is 714. The van der Waals surface area contributed by atoms with Gasteiger partial charge >= 0.3 is 0 Å². The highest BCUT2D eigenvalue weighted by molar-refractivity contribution is 5.97. The lowest BCUT2D eigenvalue weighted by Crippen LogP contribution is -2.64. The molecule has 1 aromatic rings. The summed E-state index contributed by atoms with van der Waals surface area (Å²) in [5.41, 5.74) is 1.30. The summed E-state index contributed by atoms with van der Waals surface area (Å²) in [5.74, 6) is 0.131. The van der Waals surface area contributed by atoms with Gasteiger partial charge in [0.15, 0.2) is 0 Å². The monoisotopic (exact) mass is 356 g/mol. The number of benzene rings is 1. The van der Waals surface area contributed by atoms with Crippen LogP contribution in [0.2, 0.25) is 0 Å². The van der Waals surface area contributed by atoms with E-state index in [9.17, 15) is 14.4 Å². The van der Waals surface area contributed by atoms with E-state index in [1.54, 1.807) is 29.2 Å². The Kier molecular flexibility index (Phi) is 4.63.